The highest BCUT2D eigenvalue weighted by atomic mass is 16.3. The fraction of sp³-hybridized carbons (Fsp3) is 0.769. The van der Waals surface area contributed by atoms with Gasteiger partial charge in [0, 0.05) is 24.3 Å². The predicted octanol–water partition coefficient (Wildman–Crippen LogP) is 1.15. The largest absolute Gasteiger partial charge is 0.394 e. The number of rotatable bonds is 5. The van der Waals surface area contributed by atoms with E-state index in [9.17, 15) is 0 Å². The van der Waals surface area contributed by atoms with Crippen molar-refractivity contribution in [2.24, 2.45) is 11.8 Å². The molecule has 4 nitrogen and oxygen atoms in total. The second-order valence-corrected chi connectivity index (χ2v) is 5.50. The molecule has 1 heterocycles. The van der Waals surface area contributed by atoms with Gasteiger partial charge in [-0.1, -0.05) is 6.42 Å². The summed E-state index contributed by atoms with van der Waals surface area (Å²) in [6.45, 7) is 1.66. The minimum absolute atomic E-state index is 0.154. The van der Waals surface area contributed by atoms with Crippen molar-refractivity contribution in [2.45, 2.75) is 44.8 Å². The Balaban J connectivity index is 1.50. The molecule has 3 unspecified atom stereocenters. The Morgan fingerprint density at radius 3 is 3.06 bits per heavy atom. The molecule has 2 saturated carbocycles. The molecule has 0 aromatic carbocycles. The van der Waals surface area contributed by atoms with Gasteiger partial charge >= 0.3 is 0 Å². The summed E-state index contributed by atoms with van der Waals surface area (Å²) in [5.41, 5.74) is 1.22. The molecule has 2 aliphatic rings. The van der Waals surface area contributed by atoms with Crippen LogP contribution in [0.3, 0.4) is 0 Å². The second kappa shape index (κ2) is 4.78. The van der Waals surface area contributed by atoms with Gasteiger partial charge in [-0.15, -0.1) is 0 Å². The van der Waals surface area contributed by atoms with Gasteiger partial charge in [-0.05, 0) is 31.1 Å². The van der Waals surface area contributed by atoms with Gasteiger partial charge in [0.25, 0.3) is 0 Å². The second-order valence-electron chi connectivity index (χ2n) is 5.50. The van der Waals surface area contributed by atoms with Crippen LogP contribution in [-0.4, -0.2) is 27.5 Å². The average Bonchev–Trinajstić information content (AvgIpc) is 3.02. The molecule has 2 bridgehead atoms. The highest BCUT2D eigenvalue weighted by molar-refractivity contribution is 5.04. The molecular weight excluding hydrogens is 214 g/mol. The zero-order chi connectivity index (χ0) is 11.7. The van der Waals surface area contributed by atoms with Crippen LogP contribution in [0.25, 0.3) is 0 Å². The molecule has 0 aliphatic heterocycles. The molecule has 3 rings (SSSR count). The molecule has 0 amide bonds. The van der Waals surface area contributed by atoms with Crippen LogP contribution in [0.15, 0.2) is 12.4 Å². The molecular formula is C13H21N3O. The molecule has 94 valence electrons. The van der Waals surface area contributed by atoms with Crippen LogP contribution in [0, 0.1) is 11.8 Å². The molecule has 2 aliphatic carbocycles. The number of hydrogen-bond acceptors (Lipinski definition) is 3. The van der Waals surface area contributed by atoms with Crippen molar-refractivity contribution in [1.82, 2.24) is 15.1 Å². The number of hydrogen-bond donors (Lipinski definition) is 2. The van der Waals surface area contributed by atoms with E-state index in [0.717, 1.165) is 24.4 Å². The van der Waals surface area contributed by atoms with Crippen LogP contribution in [0.4, 0.5) is 0 Å². The number of nitrogens with zero attached hydrogens (tertiary/aromatic N) is 2. The first kappa shape index (κ1) is 11.2. The molecule has 2 fully saturated rings. The lowest BCUT2D eigenvalue weighted by molar-refractivity contribution is 0.269. The molecule has 0 spiro atoms. The standard InChI is InChI=1S/C13H21N3O/c17-4-3-16-9-11(8-15-16)7-14-13-6-10-1-2-12(13)5-10/h8-10,12-14,17H,1-7H2. The van der Waals surface area contributed by atoms with Gasteiger partial charge in [-0.3, -0.25) is 4.68 Å². The van der Waals surface area contributed by atoms with Crippen molar-refractivity contribution >= 4 is 0 Å². The molecule has 1 aromatic heterocycles. The fourth-order valence-corrected chi connectivity index (χ4v) is 3.47. The summed E-state index contributed by atoms with van der Waals surface area (Å²) < 4.78 is 1.80. The lowest BCUT2D eigenvalue weighted by Crippen LogP contribution is -2.33. The van der Waals surface area contributed by atoms with Gasteiger partial charge in [-0.2, -0.15) is 5.10 Å². The van der Waals surface area contributed by atoms with Crippen molar-refractivity contribution < 1.29 is 5.11 Å². The lowest BCUT2D eigenvalue weighted by atomic mass is 9.95. The Morgan fingerprint density at radius 2 is 2.35 bits per heavy atom. The van der Waals surface area contributed by atoms with E-state index in [1.165, 1.54) is 31.2 Å². The third-order valence-electron chi connectivity index (χ3n) is 4.32. The van der Waals surface area contributed by atoms with Crippen molar-refractivity contribution in [2.75, 3.05) is 6.61 Å². The van der Waals surface area contributed by atoms with Gasteiger partial charge in [0.2, 0.25) is 0 Å². The Hall–Kier alpha value is -0.870. The average molecular weight is 235 g/mol. The topological polar surface area (TPSA) is 50.1 Å². The zero-order valence-electron chi connectivity index (χ0n) is 10.2. The molecule has 1 aromatic rings. The Bertz CT molecular complexity index is 376. The van der Waals surface area contributed by atoms with Crippen molar-refractivity contribution in [3.8, 4) is 0 Å². The quantitative estimate of drug-likeness (QED) is 0.805. The van der Waals surface area contributed by atoms with Gasteiger partial charge in [0.1, 0.15) is 0 Å². The SMILES string of the molecule is OCCn1cc(CNC2CC3CCC2C3)cn1. The molecule has 2 N–H and O–H groups in total. The van der Waals surface area contributed by atoms with Crippen LogP contribution < -0.4 is 5.32 Å². The number of aromatic nitrogens is 2. The molecule has 17 heavy (non-hydrogen) atoms. The fourth-order valence-electron chi connectivity index (χ4n) is 3.47. The first-order valence-electron chi connectivity index (χ1n) is 6.70. The smallest absolute Gasteiger partial charge is 0.0640 e. The molecule has 0 saturated heterocycles. The van der Waals surface area contributed by atoms with Crippen molar-refractivity contribution in [1.29, 1.82) is 0 Å². The highest BCUT2D eigenvalue weighted by Gasteiger charge is 2.38. The van der Waals surface area contributed by atoms with E-state index in [1.807, 2.05) is 12.4 Å². The summed E-state index contributed by atoms with van der Waals surface area (Å²) in [5, 5.41) is 16.7. The minimum atomic E-state index is 0.154. The Labute approximate surface area is 102 Å². The maximum absolute atomic E-state index is 8.83. The van der Waals surface area contributed by atoms with Crippen LogP contribution in [0.2, 0.25) is 0 Å². The number of nitrogens with one attached hydrogen (secondary N) is 1. The molecule has 3 atom stereocenters. The first-order valence-corrected chi connectivity index (χ1v) is 6.70. The van der Waals surface area contributed by atoms with Crippen LogP contribution in [0.5, 0.6) is 0 Å². The van der Waals surface area contributed by atoms with Gasteiger partial charge < -0.3 is 10.4 Å². The van der Waals surface area contributed by atoms with Crippen LogP contribution in [0.1, 0.15) is 31.2 Å². The van der Waals surface area contributed by atoms with E-state index < -0.39 is 0 Å². The Morgan fingerprint density at radius 1 is 1.41 bits per heavy atom. The van der Waals surface area contributed by atoms with E-state index in [4.69, 9.17) is 5.11 Å². The lowest BCUT2D eigenvalue weighted by Gasteiger charge is -2.22. The summed E-state index contributed by atoms with van der Waals surface area (Å²) >= 11 is 0. The maximum Gasteiger partial charge on any atom is 0.0640 e. The normalized spacial score (nSPS) is 31.2. The highest BCUT2D eigenvalue weighted by Crippen LogP contribution is 2.44. The summed E-state index contributed by atoms with van der Waals surface area (Å²) in [5.74, 6) is 1.92. The summed E-state index contributed by atoms with van der Waals surface area (Å²) in [6.07, 6.45) is 9.62. The van der Waals surface area contributed by atoms with E-state index in [2.05, 4.69) is 10.4 Å². The van der Waals surface area contributed by atoms with E-state index in [0.29, 0.717) is 6.54 Å². The molecule has 0 radical (unpaired) electrons. The summed E-state index contributed by atoms with van der Waals surface area (Å²) in [6, 6.07) is 0.731. The Kier molecular flexibility index (Phi) is 3.16. The maximum atomic E-state index is 8.83. The third-order valence-corrected chi connectivity index (χ3v) is 4.32. The number of aliphatic hydroxyl groups is 1. The van der Waals surface area contributed by atoms with Gasteiger partial charge in [0.05, 0.1) is 19.3 Å². The minimum Gasteiger partial charge on any atom is -0.394 e. The van der Waals surface area contributed by atoms with E-state index in [-0.39, 0.29) is 6.61 Å². The van der Waals surface area contributed by atoms with Crippen LogP contribution >= 0.6 is 0 Å². The zero-order valence-corrected chi connectivity index (χ0v) is 10.2. The summed E-state index contributed by atoms with van der Waals surface area (Å²) in [4.78, 5) is 0. The van der Waals surface area contributed by atoms with E-state index >= 15 is 0 Å². The third kappa shape index (κ3) is 2.38. The van der Waals surface area contributed by atoms with Crippen molar-refractivity contribution in [3.05, 3.63) is 18.0 Å². The van der Waals surface area contributed by atoms with E-state index in [1.54, 1.807) is 4.68 Å². The number of fused-ring (bicyclic) bond motifs is 2. The van der Waals surface area contributed by atoms with Crippen LogP contribution in [-0.2, 0) is 13.1 Å². The van der Waals surface area contributed by atoms with Gasteiger partial charge in [-0.25, -0.2) is 0 Å². The number of aliphatic hydroxyl groups excluding tert-OH is 1. The van der Waals surface area contributed by atoms with Gasteiger partial charge in [0.15, 0.2) is 0 Å². The summed E-state index contributed by atoms with van der Waals surface area (Å²) in [7, 11) is 0. The van der Waals surface area contributed by atoms with Crippen molar-refractivity contribution in [3.63, 3.8) is 0 Å². The monoisotopic (exact) mass is 235 g/mol. The predicted molar refractivity (Wildman–Crippen MR) is 65.4 cm³/mol. The molecule has 4 heteroatoms. The first-order chi connectivity index (χ1) is 8.35.